The molecule has 1 aromatic rings. The summed E-state index contributed by atoms with van der Waals surface area (Å²) in [5.41, 5.74) is 2.84. The highest BCUT2D eigenvalue weighted by molar-refractivity contribution is 9.10. The fourth-order valence-electron chi connectivity index (χ4n) is 2.73. The van der Waals surface area contributed by atoms with E-state index in [1.54, 1.807) is 11.9 Å². The first kappa shape index (κ1) is 13.7. The van der Waals surface area contributed by atoms with Gasteiger partial charge in [0.1, 0.15) is 0 Å². The molecule has 0 spiro atoms. The number of fused-ring (bicyclic) bond motifs is 1. The Balaban J connectivity index is 1.68. The monoisotopic (exact) mass is 341 g/mol. The lowest BCUT2D eigenvalue weighted by Gasteiger charge is -2.23. The van der Waals surface area contributed by atoms with Gasteiger partial charge in [0.2, 0.25) is 0 Å². The Kier molecular flexibility index (Phi) is 4.37. The van der Waals surface area contributed by atoms with Crippen LogP contribution < -0.4 is 14.9 Å². The number of piperidine rings is 1. The minimum Gasteiger partial charge on any atom is -0.374 e. The number of likely N-dealkylation sites (N-methyl/N-ethyl adjacent to an activating group) is 1. The summed E-state index contributed by atoms with van der Waals surface area (Å²) in [5, 5.41) is 3.44. The lowest BCUT2D eigenvalue weighted by Crippen LogP contribution is -2.40. The Labute approximate surface area is 127 Å². The van der Waals surface area contributed by atoms with Gasteiger partial charge in [-0.15, -0.1) is 0 Å². The van der Waals surface area contributed by atoms with Crippen molar-refractivity contribution in [3.05, 3.63) is 22.2 Å². The van der Waals surface area contributed by atoms with Crippen molar-refractivity contribution in [2.75, 3.05) is 31.6 Å². The molecule has 104 valence electrons. The molecule has 2 N–H and O–H groups in total. The van der Waals surface area contributed by atoms with Crippen molar-refractivity contribution in [3.63, 3.8) is 0 Å². The highest BCUT2D eigenvalue weighted by Crippen LogP contribution is 2.36. The molecular formula is C14H20BrN3S. The van der Waals surface area contributed by atoms with Gasteiger partial charge in [-0.3, -0.25) is 4.72 Å². The lowest BCUT2D eigenvalue weighted by atomic mass is 10.1. The first-order valence-corrected chi connectivity index (χ1v) is 8.51. The number of hydrogen-bond acceptors (Lipinski definition) is 4. The summed E-state index contributed by atoms with van der Waals surface area (Å²) in [5.74, 6) is 0. The fraction of sp³-hybridized carbons (Fsp3) is 0.571. The molecular weight excluding hydrogens is 322 g/mol. The van der Waals surface area contributed by atoms with E-state index in [1.165, 1.54) is 33.5 Å². The number of hydrogen-bond donors (Lipinski definition) is 2. The van der Waals surface area contributed by atoms with Gasteiger partial charge in [-0.1, -0.05) is 0 Å². The second kappa shape index (κ2) is 6.04. The van der Waals surface area contributed by atoms with E-state index < -0.39 is 0 Å². The third-order valence-corrected chi connectivity index (χ3v) is 5.82. The van der Waals surface area contributed by atoms with Crippen molar-refractivity contribution in [1.82, 2.24) is 10.0 Å². The van der Waals surface area contributed by atoms with Crippen LogP contribution in [0.5, 0.6) is 0 Å². The largest absolute Gasteiger partial charge is 0.374 e. The smallest absolute Gasteiger partial charge is 0.0409 e. The summed E-state index contributed by atoms with van der Waals surface area (Å²) < 4.78 is 4.80. The standard InChI is InChI=1S/C14H20BrN3S/c1-18-6-4-10-7-12(15)14(8-13(10)18)19-17-11-3-2-5-16-9-11/h7-8,11,16-17H,2-6,9H2,1H3. The topological polar surface area (TPSA) is 27.3 Å². The Bertz CT molecular complexity index is 460. The molecule has 2 aliphatic heterocycles. The maximum atomic E-state index is 3.70. The summed E-state index contributed by atoms with van der Waals surface area (Å²) in [6.45, 7) is 3.38. The highest BCUT2D eigenvalue weighted by atomic mass is 79.9. The molecule has 0 aliphatic carbocycles. The SMILES string of the molecule is CN1CCc2cc(Br)c(SNC3CCCNC3)cc21. The second-order valence-corrected chi connectivity index (χ2v) is 7.08. The summed E-state index contributed by atoms with van der Waals surface area (Å²) in [4.78, 5) is 3.63. The molecule has 0 bridgehead atoms. The molecule has 5 heteroatoms. The Morgan fingerprint density at radius 2 is 2.37 bits per heavy atom. The molecule has 1 saturated heterocycles. The van der Waals surface area contributed by atoms with Gasteiger partial charge >= 0.3 is 0 Å². The Hall–Kier alpha value is -0.230. The lowest BCUT2D eigenvalue weighted by molar-refractivity contribution is 0.441. The number of rotatable bonds is 3. The van der Waals surface area contributed by atoms with Crippen LogP contribution in [-0.2, 0) is 6.42 Å². The van der Waals surface area contributed by atoms with Crippen LogP contribution in [0, 0.1) is 0 Å². The molecule has 2 heterocycles. The van der Waals surface area contributed by atoms with Gasteiger partial charge in [0, 0.05) is 41.2 Å². The zero-order chi connectivity index (χ0) is 13.2. The van der Waals surface area contributed by atoms with E-state index in [4.69, 9.17) is 0 Å². The third kappa shape index (κ3) is 3.10. The molecule has 1 fully saturated rings. The van der Waals surface area contributed by atoms with E-state index in [2.05, 4.69) is 50.0 Å². The third-order valence-electron chi connectivity index (χ3n) is 3.89. The normalized spacial score (nSPS) is 22.6. The molecule has 2 aliphatic rings. The predicted octanol–water partition coefficient (Wildman–Crippen LogP) is 2.79. The molecule has 0 aromatic heterocycles. The van der Waals surface area contributed by atoms with E-state index in [1.807, 2.05) is 0 Å². The molecule has 1 atom stereocenters. The van der Waals surface area contributed by atoms with Crippen LogP contribution in [0.15, 0.2) is 21.5 Å². The van der Waals surface area contributed by atoms with Gasteiger partial charge in [-0.2, -0.15) is 0 Å². The number of nitrogens with one attached hydrogen (secondary N) is 2. The fourth-order valence-corrected chi connectivity index (χ4v) is 4.18. The van der Waals surface area contributed by atoms with Crippen molar-refractivity contribution in [1.29, 1.82) is 0 Å². The molecule has 19 heavy (non-hydrogen) atoms. The van der Waals surface area contributed by atoms with E-state index in [0.717, 1.165) is 26.1 Å². The minimum atomic E-state index is 0.580. The van der Waals surface area contributed by atoms with Gasteiger partial charge in [0.05, 0.1) is 0 Å². The zero-order valence-corrected chi connectivity index (χ0v) is 13.6. The first-order chi connectivity index (χ1) is 9.24. The van der Waals surface area contributed by atoms with Crippen LogP contribution in [0.3, 0.4) is 0 Å². The second-order valence-electron chi connectivity index (χ2n) is 5.35. The molecule has 3 rings (SSSR count). The van der Waals surface area contributed by atoms with Crippen LogP contribution in [0.2, 0.25) is 0 Å². The predicted molar refractivity (Wildman–Crippen MR) is 86.0 cm³/mol. The van der Waals surface area contributed by atoms with Crippen molar-refractivity contribution in [2.24, 2.45) is 0 Å². The summed E-state index contributed by atoms with van der Waals surface area (Å²) >= 11 is 5.46. The van der Waals surface area contributed by atoms with Crippen LogP contribution in [0.1, 0.15) is 18.4 Å². The van der Waals surface area contributed by atoms with Gasteiger partial charge in [-0.05, 0) is 71.4 Å². The van der Waals surface area contributed by atoms with Crippen molar-refractivity contribution < 1.29 is 0 Å². The van der Waals surface area contributed by atoms with E-state index in [-0.39, 0.29) is 0 Å². The van der Waals surface area contributed by atoms with Gasteiger partial charge in [-0.25, -0.2) is 0 Å². The number of benzene rings is 1. The van der Waals surface area contributed by atoms with Gasteiger partial charge in [0.25, 0.3) is 0 Å². The maximum absolute atomic E-state index is 3.70. The van der Waals surface area contributed by atoms with Crippen LogP contribution in [-0.4, -0.2) is 32.7 Å². The van der Waals surface area contributed by atoms with Gasteiger partial charge < -0.3 is 10.2 Å². The van der Waals surface area contributed by atoms with Crippen LogP contribution in [0.4, 0.5) is 5.69 Å². The molecule has 0 saturated carbocycles. The average Bonchev–Trinajstić information content (AvgIpc) is 2.78. The number of anilines is 1. The molecule has 0 amide bonds. The van der Waals surface area contributed by atoms with Gasteiger partial charge in [0.15, 0.2) is 0 Å². The first-order valence-electron chi connectivity index (χ1n) is 6.90. The maximum Gasteiger partial charge on any atom is 0.0409 e. The van der Waals surface area contributed by atoms with Crippen LogP contribution in [0.25, 0.3) is 0 Å². The summed E-state index contributed by atoms with van der Waals surface area (Å²) in [6.07, 6.45) is 3.70. The molecule has 1 unspecified atom stereocenters. The van der Waals surface area contributed by atoms with Crippen molar-refractivity contribution in [2.45, 2.75) is 30.2 Å². The zero-order valence-electron chi connectivity index (χ0n) is 11.2. The van der Waals surface area contributed by atoms with Crippen LogP contribution >= 0.6 is 27.9 Å². The Morgan fingerprint density at radius 1 is 1.47 bits per heavy atom. The van der Waals surface area contributed by atoms with Crippen molar-refractivity contribution >= 4 is 33.6 Å². The summed E-state index contributed by atoms with van der Waals surface area (Å²) in [7, 11) is 2.17. The van der Waals surface area contributed by atoms with E-state index >= 15 is 0 Å². The number of halogens is 1. The Morgan fingerprint density at radius 3 is 3.16 bits per heavy atom. The van der Waals surface area contributed by atoms with E-state index in [0.29, 0.717) is 6.04 Å². The summed E-state index contributed by atoms with van der Waals surface area (Å²) in [6, 6.07) is 5.17. The van der Waals surface area contributed by atoms with Crippen molar-refractivity contribution in [3.8, 4) is 0 Å². The highest BCUT2D eigenvalue weighted by Gasteiger charge is 2.19. The molecule has 1 aromatic carbocycles. The number of nitrogens with zero attached hydrogens (tertiary/aromatic N) is 1. The van der Waals surface area contributed by atoms with E-state index in [9.17, 15) is 0 Å². The minimum absolute atomic E-state index is 0.580. The molecule has 0 radical (unpaired) electrons. The molecule has 3 nitrogen and oxygen atoms in total. The average molecular weight is 342 g/mol. The quantitative estimate of drug-likeness (QED) is 0.826.